The number of hydrogen-bond acceptors (Lipinski definition) is 3. The fraction of sp³-hybridized carbons (Fsp3) is 0.632. The SMILES string of the molecule is CCCCCCNC(=O)CCc1ccc(N2CCCC2)c(N)c1. The van der Waals surface area contributed by atoms with Crippen molar-refractivity contribution >= 4 is 17.3 Å². The summed E-state index contributed by atoms with van der Waals surface area (Å²) in [5, 5.41) is 3.00. The van der Waals surface area contributed by atoms with Gasteiger partial charge in [-0.2, -0.15) is 0 Å². The molecular weight excluding hydrogens is 286 g/mol. The van der Waals surface area contributed by atoms with Crippen LogP contribution < -0.4 is 16.0 Å². The molecule has 4 nitrogen and oxygen atoms in total. The Hall–Kier alpha value is -1.71. The minimum absolute atomic E-state index is 0.142. The minimum atomic E-state index is 0.142. The molecule has 1 aromatic rings. The Balaban J connectivity index is 1.73. The molecule has 3 N–H and O–H groups in total. The first-order valence-electron chi connectivity index (χ1n) is 9.10. The molecule has 1 aliphatic heterocycles. The van der Waals surface area contributed by atoms with Crippen molar-refractivity contribution in [3.05, 3.63) is 23.8 Å². The van der Waals surface area contributed by atoms with Crippen molar-refractivity contribution < 1.29 is 4.79 Å². The number of rotatable bonds is 9. The summed E-state index contributed by atoms with van der Waals surface area (Å²) in [4.78, 5) is 14.2. The van der Waals surface area contributed by atoms with Crippen LogP contribution in [0.4, 0.5) is 11.4 Å². The number of aryl methyl sites for hydroxylation is 1. The van der Waals surface area contributed by atoms with E-state index in [0.29, 0.717) is 6.42 Å². The Morgan fingerprint density at radius 2 is 2.00 bits per heavy atom. The van der Waals surface area contributed by atoms with Gasteiger partial charge < -0.3 is 16.0 Å². The molecule has 128 valence electrons. The lowest BCUT2D eigenvalue weighted by atomic mass is 10.1. The van der Waals surface area contributed by atoms with E-state index in [4.69, 9.17) is 5.73 Å². The fourth-order valence-electron chi connectivity index (χ4n) is 3.13. The van der Waals surface area contributed by atoms with Crippen molar-refractivity contribution in [3.63, 3.8) is 0 Å². The number of carbonyl (C=O) groups excluding carboxylic acids is 1. The standard InChI is InChI=1S/C19H31N3O/c1-2-3-4-5-12-21-19(23)11-9-16-8-10-18(17(20)15-16)22-13-6-7-14-22/h8,10,15H,2-7,9,11-14,20H2,1H3,(H,21,23). The predicted molar refractivity (Wildman–Crippen MR) is 97.8 cm³/mol. The van der Waals surface area contributed by atoms with E-state index >= 15 is 0 Å². The van der Waals surface area contributed by atoms with Gasteiger partial charge in [-0.05, 0) is 43.4 Å². The number of unbranched alkanes of at least 4 members (excludes halogenated alkanes) is 3. The number of benzene rings is 1. The van der Waals surface area contributed by atoms with E-state index in [9.17, 15) is 4.79 Å². The molecule has 1 fully saturated rings. The van der Waals surface area contributed by atoms with Gasteiger partial charge in [-0.15, -0.1) is 0 Å². The van der Waals surface area contributed by atoms with Gasteiger partial charge in [0.05, 0.1) is 11.4 Å². The van der Waals surface area contributed by atoms with Crippen molar-refractivity contribution in [1.82, 2.24) is 5.32 Å². The van der Waals surface area contributed by atoms with Crippen LogP contribution in [-0.2, 0) is 11.2 Å². The second-order valence-corrected chi connectivity index (χ2v) is 6.50. The Morgan fingerprint density at radius 1 is 1.22 bits per heavy atom. The molecule has 23 heavy (non-hydrogen) atoms. The fourth-order valence-corrected chi connectivity index (χ4v) is 3.13. The van der Waals surface area contributed by atoms with Crippen LogP contribution in [0.1, 0.15) is 57.4 Å². The van der Waals surface area contributed by atoms with Crippen molar-refractivity contribution in [2.24, 2.45) is 0 Å². The van der Waals surface area contributed by atoms with Gasteiger partial charge in [0, 0.05) is 26.1 Å². The molecule has 1 amide bonds. The maximum atomic E-state index is 11.9. The predicted octanol–water partition coefficient (Wildman–Crippen LogP) is 3.50. The molecular formula is C19H31N3O. The van der Waals surface area contributed by atoms with Gasteiger partial charge in [0.1, 0.15) is 0 Å². The van der Waals surface area contributed by atoms with Gasteiger partial charge in [0.15, 0.2) is 0 Å². The zero-order chi connectivity index (χ0) is 16.5. The Bertz CT molecular complexity index is 495. The van der Waals surface area contributed by atoms with Crippen LogP contribution in [0.15, 0.2) is 18.2 Å². The van der Waals surface area contributed by atoms with Gasteiger partial charge in [-0.3, -0.25) is 4.79 Å². The molecule has 0 aliphatic carbocycles. The van der Waals surface area contributed by atoms with Crippen LogP contribution in [-0.4, -0.2) is 25.5 Å². The largest absolute Gasteiger partial charge is 0.397 e. The summed E-state index contributed by atoms with van der Waals surface area (Å²) < 4.78 is 0. The Labute approximate surface area is 140 Å². The molecule has 0 aromatic heterocycles. The highest BCUT2D eigenvalue weighted by Gasteiger charge is 2.14. The lowest BCUT2D eigenvalue weighted by Gasteiger charge is -2.20. The van der Waals surface area contributed by atoms with E-state index in [2.05, 4.69) is 29.3 Å². The second kappa shape index (κ2) is 9.43. The number of nitrogen functional groups attached to an aromatic ring is 1. The topological polar surface area (TPSA) is 58.4 Å². The minimum Gasteiger partial charge on any atom is -0.397 e. The molecule has 0 unspecified atom stereocenters. The number of nitrogens with one attached hydrogen (secondary N) is 1. The van der Waals surface area contributed by atoms with Crippen LogP contribution >= 0.6 is 0 Å². The molecule has 0 bridgehead atoms. The van der Waals surface area contributed by atoms with Gasteiger partial charge in [0.2, 0.25) is 5.91 Å². The number of carbonyl (C=O) groups is 1. The lowest BCUT2D eigenvalue weighted by molar-refractivity contribution is -0.121. The first-order chi connectivity index (χ1) is 11.2. The first-order valence-corrected chi connectivity index (χ1v) is 9.10. The number of anilines is 2. The van der Waals surface area contributed by atoms with E-state index in [0.717, 1.165) is 49.4 Å². The third kappa shape index (κ3) is 5.77. The molecule has 0 spiro atoms. The third-order valence-corrected chi connectivity index (χ3v) is 4.53. The average molecular weight is 317 g/mol. The summed E-state index contributed by atoms with van der Waals surface area (Å²) in [6.45, 7) is 5.20. The third-order valence-electron chi connectivity index (χ3n) is 4.53. The summed E-state index contributed by atoms with van der Waals surface area (Å²) in [6.07, 6.45) is 8.55. The van der Waals surface area contributed by atoms with Crippen LogP contribution in [0.2, 0.25) is 0 Å². The maximum absolute atomic E-state index is 11.9. The molecule has 0 atom stereocenters. The second-order valence-electron chi connectivity index (χ2n) is 6.50. The quantitative estimate of drug-likeness (QED) is 0.541. The molecule has 1 aliphatic rings. The highest BCUT2D eigenvalue weighted by Crippen LogP contribution is 2.27. The zero-order valence-electron chi connectivity index (χ0n) is 14.4. The first kappa shape index (κ1) is 17.6. The summed E-state index contributed by atoms with van der Waals surface area (Å²) in [6, 6.07) is 6.25. The van der Waals surface area contributed by atoms with Crippen LogP contribution in [0.25, 0.3) is 0 Å². The summed E-state index contributed by atoms with van der Waals surface area (Å²) in [5.74, 6) is 0.142. The molecule has 0 saturated carbocycles. The van der Waals surface area contributed by atoms with Crippen molar-refractivity contribution in [3.8, 4) is 0 Å². The summed E-state index contributed by atoms with van der Waals surface area (Å²) in [7, 11) is 0. The normalized spacial score (nSPS) is 14.2. The monoisotopic (exact) mass is 317 g/mol. The van der Waals surface area contributed by atoms with E-state index in [1.165, 1.54) is 32.1 Å². The van der Waals surface area contributed by atoms with E-state index in [1.54, 1.807) is 0 Å². The van der Waals surface area contributed by atoms with Crippen molar-refractivity contribution in [1.29, 1.82) is 0 Å². The molecule has 4 heteroatoms. The maximum Gasteiger partial charge on any atom is 0.220 e. The molecule has 1 aromatic carbocycles. The smallest absolute Gasteiger partial charge is 0.220 e. The summed E-state index contributed by atoms with van der Waals surface area (Å²) in [5.41, 5.74) is 9.32. The molecule has 1 heterocycles. The van der Waals surface area contributed by atoms with Gasteiger partial charge >= 0.3 is 0 Å². The van der Waals surface area contributed by atoms with Crippen LogP contribution in [0, 0.1) is 0 Å². The molecule has 0 radical (unpaired) electrons. The van der Waals surface area contributed by atoms with E-state index in [1.807, 2.05) is 6.07 Å². The van der Waals surface area contributed by atoms with E-state index < -0.39 is 0 Å². The van der Waals surface area contributed by atoms with Gasteiger partial charge in [-0.1, -0.05) is 32.3 Å². The average Bonchev–Trinajstić information content (AvgIpc) is 3.07. The lowest BCUT2D eigenvalue weighted by Crippen LogP contribution is -2.24. The Morgan fingerprint density at radius 3 is 2.70 bits per heavy atom. The number of hydrogen-bond donors (Lipinski definition) is 2. The molecule has 1 saturated heterocycles. The van der Waals surface area contributed by atoms with Crippen LogP contribution in [0.3, 0.4) is 0 Å². The Kier molecular flexibility index (Phi) is 7.24. The highest BCUT2D eigenvalue weighted by atomic mass is 16.1. The number of nitrogens with two attached hydrogens (primary N) is 1. The van der Waals surface area contributed by atoms with E-state index in [-0.39, 0.29) is 5.91 Å². The molecule has 2 rings (SSSR count). The van der Waals surface area contributed by atoms with Crippen molar-refractivity contribution in [2.75, 3.05) is 30.3 Å². The number of amides is 1. The van der Waals surface area contributed by atoms with Gasteiger partial charge in [0.25, 0.3) is 0 Å². The highest BCUT2D eigenvalue weighted by molar-refractivity contribution is 5.76. The summed E-state index contributed by atoms with van der Waals surface area (Å²) >= 11 is 0. The van der Waals surface area contributed by atoms with Crippen LogP contribution in [0.5, 0.6) is 0 Å². The zero-order valence-corrected chi connectivity index (χ0v) is 14.4. The van der Waals surface area contributed by atoms with Gasteiger partial charge in [-0.25, -0.2) is 0 Å². The van der Waals surface area contributed by atoms with Crippen molar-refractivity contribution in [2.45, 2.75) is 58.3 Å². The number of nitrogens with zero attached hydrogens (tertiary/aromatic N) is 1.